The van der Waals surface area contributed by atoms with Crippen molar-refractivity contribution in [3.8, 4) is 11.5 Å². The number of amides is 3. The monoisotopic (exact) mass is 623 g/mol. The number of aromatic nitrogens is 3. The summed E-state index contributed by atoms with van der Waals surface area (Å²) in [5, 5.41) is 14.9. The predicted molar refractivity (Wildman–Crippen MR) is 175 cm³/mol. The van der Waals surface area contributed by atoms with E-state index in [1.165, 1.54) is 0 Å². The molecule has 13 heteroatoms. The molecule has 238 valence electrons. The molecule has 0 aliphatic carbocycles. The van der Waals surface area contributed by atoms with Gasteiger partial charge in [-0.1, -0.05) is 48.5 Å². The minimum atomic E-state index is -0.949. The lowest BCUT2D eigenvalue weighted by molar-refractivity contribution is -0.131. The Balaban J connectivity index is 1.34. The Morgan fingerprint density at radius 3 is 2.22 bits per heavy atom. The van der Waals surface area contributed by atoms with Crippen LogP contribution in [0.2, 0.25) is 0 Å². The number of hydrogen-bond acceptors (Lipinski definition) is 10. The number of carbonyl (C=O) groups is 3. The molecular weight excluding hydrogens is 586 g/mol. The van der Waals surface area contributed by atoms with E-state index in [2.05, 4.69) is 41.5 Å². The van der Waals surface area contributed by atoms with Crippen LogP contribution in [0.1, 0.15) is 31.7 Å². The van der Waals surface area contributed by atoms with Crippen LogP contribution in [0.5, 0.6) is 11.5 Å². The van der Waals surface area contributed by atoms with Crippen molar-refractivity contribution in [3.05, 3.63) is 90.5 Å². The number of benzene rings is 3. The summed E-state index contributed by atoms with van der Waals surface area (Å²) >= 11 is 0. The highest BCUT2D eigenvalue weighted by atomic mass is 16.5. The van der Waals surface area contributed by atoms with E-state index in [4.69, 9.17) is 10.5 Å². The average Bonchev–Trinajstić information content (AvgIpc) is 3.05. The maximum absolute atomic E-state index is 13.3. The minimum Gasteiger partial charge on any atom is -0.457 e. The van der Waals surface area contributed by atoms with E-state index in [1.807, 2.05) is 84.9 Å². The first-order valence-electron chi connectivity index (χ1n) is 15.1. The number of nitrogens with two attached hydrogens (primary N) is 1. The third-order valence-electron chi connectivity index (χ3n) is 7.24. The highest BCUT2D eigenvalue weighted by molar-refractivity contribution is 5.93. The molecule has 0 spiro atoms. The average molecular weight is 624 g/mol. The Hall–Kier alpha value is -5.72. The van der Waals surface area contributed by atoms with Crippen molar-refractivity contribution in [1.82, 2.24) is 25.6 Å². The number of nitrogens with zero attached hydrogens (tertiary/aromatic N) is 3. The van der Waals surface area contributed by atoms with E-state index in [0.29, 0.717) is 43.2 Å². The maximum atomic E-state index is 13.3. The zero-order valence-electron chi connectivity index (χ0n) is 25.4. The smallest absolute Gasteiger partial charge is 0.243 e. The zero-order valence-corrected chi connectivity index (χ0v) is 25.4. The van der Waals surface area contributed by atoms with Crippen LogP contribution in [0.3, 0.4) is 0 Å². The van der Waals surface area contributed by atoms with Gasteiger partial charge in [-0.05, 0) is 68.1 Å². The summed E-state index contributed by atoms with van der Waals surface area (Å²) in [5.74, 6) is 0.517. The first-order chi connectivity index (χ1) is 22.3. The largest absolute Gasteiger partial charge is 0.457 e. The van der Waals surface area contributed by atoms with Crippen molar-refractivity contribution >= 4 is 41.3 Å². The van der Waals surface area contributed by atoms with Crippen molar-refractivity contribution in [2.24, 2.45) is 5.73 Å². The lowest BCUT2D eigenvalue weighted by Gasteiger charge is -2.24. The molecule has 1 aliphatic rings. The molecular formula is C33H37N9O4. The number of para-hydroxylation sites is 1. The molecule has 1 aliphatic heterocycles. The first kappa shape index (κ1) is 31.7. The molecule has 0 saturated carbocycles. The molecule has 2 bridgehead atoms. The molecule has 0 fully saturated rings. The molecule has 3 aromatic carbocycles. The summed E-state index contributed by atoms with van der Waals surface area (Å²) < 4.78 is 5.87. The lowest BCUT2D eigenvalue weighted by Crippen LogP contribution is -2.55. The standard InChI is InChI=1S/C33H37N9O4/c1-21-29(44)39-27(20-22-10-4-2-5-11-22)30(45)38-26(28(34)43)14-8-9-19-35-31-40-32(36-21)42-33(41-31)37-23-15-17-25(18-16-23)46-24-12-6-3-7-13-24/h2-7,10-13,15-18,21,26-27H,8-9,14,19-20H2,1H3,(H2,34,43)(H,38,45)(H,39,44)(H3,35,36,37,40,41,42)/t21-,26+,27-/m0/s1. The van der Waals surface area contributed by atoms with Gasteiger partial charge >= 0.3 is 0 Å². The summed E-state index contributed by atoms with van der Waals surface area (Å²) in [6.07, 6.45) is 1.80. The number of primary amides is 1. The molecule has 7 N–H and O–H groups in total. The van der Waals surface area contributed by atoms with Gasteiger partial charge < -0.3 is 37.1 Å². The van der Waals surface area contributed by atoms with Crippen LogP contribution >= 0.6 is 0 Å². The Morgan fingerprint density at radius 1 is 0.826 bits per heavy atom. The molecule has 0 radical (unpaired) electrons. The predicted octanol–water partition coefficient (Wildman–Crippen LogP) is 3.50. The molecule has 4 aromatic rings. The van der Waals surface area contributed by atoms with Crippen LogP contribution in [0.15, 0.2) is 84.9 Å². The van der Waals surface area contributed by atoms with E-state index < -0.39 is 35.8 Å². The molecule has 5 rings (SSSR count). The third-order valence-corrected chi connectivity index (χ3v) is 7.24. The third kappa shape index (κ3) is 9.14. The van der Waals surface area contributed by atoms with Crippen LogP contribution in [-0.2, 0) is 20.8 Å². The molecule has 1 aromatic heterocycles. The fourth-order valence-corrected chi connectivity index (χ4v) is 4.78. The molecule has 2 heterocycles. The highest BCUT2D eigenvalue weighted by Crippen LogP contribution is 2.24. The van der Waals surface area contributed by atoms with E-state index >= 15 is 0 Å². The van der Waals surface area contributed by atoms with Crippen molar-refractivity contribution in [1.29, 1.82) is 0 Å². The van der Waals surface area contributed by atoms with Gasteiger partial charge in [-0.25, -0.2) is 0 Å². The molecule has 3 atom stereocenters. The summed E-state index contributed by atoms with van der Waals surface area (Å²) in [6, 6.07) is 23.5. The van der Waals surface area contributed by atoms with Crippen LogP contribution < -0.4 is 37.1 Å². The molecule has 0 unspecified atom stereocenters. The van der Waals surface area contributed by atoms with Crippen molar-refractivity contribution in [2.45, 2.75) is 50.7 Å². The Labute approximate surface area is 266 Å². The van der Waals surface area contributed by atoms with Gasteiger partial charge in [-0.15, -0.1) is 0 Å². The number of carbonyl (C=O) groups excluding carboxylic acids is 3. The second-order valence-corrected chi connectivity index (χ2v) is 10.9. The van der Waals surface area contributed by atoms with Crippen LogP contribution in [-0.4, -0.2) is 57.3 Å². The van der Waals surface area contributed by atoms with E-state index in [9.17, 15) is 14.4 Å². The van der Waals surface area contributed by atoms with Gasteiger partial charge in [0.1, 0.15) is 29.6 Å². The summed E-state index contributed by atoms with van der Waals surface area (Å²) in [4.78, 5) is 52.3. The SMILES string of the molecule is C[C@@H]1Nc2nc(nc(Nc3ccc(Oc4ccccc4)cc3)n2)NCCCC[C@H](C(N)=O)NC(=O)[C@H](Cc2ccccc2)NC1=O. The lowest BCUT2D eigenvalue weighted by atomic mass is 10.0. The quantitative estimate of drug-likeness (QED) is 0.178. The number of ether oxygens (including phenoxy) is 1. The topological polar surface area (TPSA) is 185 Å². The van der Waals surface area contributed by atoms with Gasteiger partial charge in [-0.2, -0.15) is 15.0 Å². The van der Waals surface area contributed by atoms with Crippen LogP contribution in [0, 0.1) is 0 Å². The fourth-order valence-electron chi connectivity index (χ4n) is 4.78. The molecule has 46 heavy (non-hydrogen) atoms. The van der Waals surface area contributed by atoms with E-state index in [-0.39, 0.29) is 18.3 Å². The minimum absolute atomic E-state index is 0.164. The Morgan fingerprint density at radius 2 is 1.50 bits per heavy atom. The second kappa shape index (κ2) is 15.3. The highest BCUT2D eigenvalue weighted by Gasteiger charge is 2.28. The summed E-state index contributed by atoms with van der Waals surface area (Å²) in [7, 11) is 0. The van der Waals surface area contributed by atoms with Crippen molar-refractivity contribution in [3.63, 3.8) is 0 Å². The number of anilines is 4. The number of fused-ring (bicyclic) bond motifs is 2. The van der Waals surface area contributed by atoms with Gasteiger partial charge in [0.25, 0.3) is 0 Å². The second-order valence-electron chi connectivity index (χ2n) is 10.9. The molecule has 3 amide bonds. The zero-order chi connectivity index (χ0) is 32.3. The molecule has 0 saturated heterocycles. The summed E-state index contributed by atoms with van der Waals surface area (Å²) in [5.41, 5.74) is 7.17. The van der Waals surface area contributed by atoms with E-state index in [0.717, 1.165) is 11.3 Å². The number of nitrogens with one attached hydrogen (secondary N) is 5. The van der Waals surface area contributed by atoms with Gasteiger partial charge in [0.05, 0.1) is 0 Å². The van der Waals surface area contributed by atoms with Gasteiger partial charge in [0.15, 0.2) is 0 Å². The fraction of sp³-hybridized carbons (Fsp3) is 0.273. The van der Waals surface area contributed by atoms with Crippen LogP contribution in [0.25, 0.3) is 0 Å². The number of hydrogen-bond donors (Lipinski definition) is 6. The van der Waals surface area contributed by atoms with E-state index in [1.54, 1.807) is 6.92 Å². The van der Waals surface area contributed by atoms with Gasteiger partial charge in [0.2, 0.25) is 35.6 Å². The van der Waals surface area contributed by atoms with Crippen molar-refractivity contribution < 1.29 is 19.1 Å². The summed E-state index contributed by atoms with van der Waals surface area (Å²) in [6.45, 7) is 2.12. The normalized spacial score (nSPS) is 19.0. The number of rotatable bonds is 7. The Kier molecular flexibility index (Phi) is 10.6. The van der Waals surface area contributed by atoms with Gasteiger partial charge in [-0.3, -0.25) is 14.4 Å². The maximum Gasteiger partial charge on any atom is 0.243 e. The van der Waals surface area contributed by atoms with Gasteiger partial charge in [0, 0.05) is 18.7 Å². The van der Waals surface area contributed by atoms with Crippen LogP contribution in [0.4, 0.5) is 23.5 Å². The Bertz CT molecular complexity index is 1620. The van der Waals surface area contributed by atoms with Crippen molar-refractivity contribution in [2.75, 3.05) is 22.5 Å². The first-order valence-corrected chi connectivity index (χ1v) is 15.1. The molecule has 13 nitrogen and oxygen atoms in total.